The third kappa shape index (κ3) is 3.87. The van der Waals surface area contributed by atoms with E-state index in [1.807, 2.05) is 6.20 Å². The first-order valence-electron chi connectivity index (χ1n) is 10.8. The second-order valence-corrected chi connectivity index (χ2v) is 8.69. The van der Waals surface area contributed by atoms with Gasteiger partial charge < -0.3 is 14.8 Å². The van der Waals surface area contributed by atoms with Gasteiger partial charge >= 0.3 is 0 Å². The topological polar surface area (TPSA) is 33.1 Å². The number of nitrogens with one attached hydrogen (secondary N) is 1. The molecule has 0 saturated carbocycles. The third-order valence-electron chi connectivity index (χ3n) is 6.35. The molecule has 2 aromatic heterocycles. The first-order valence-corrected chi connectivity index (χ1v) is 10.8. The highest BCUT2D eigenvalue weighted by Gasteiger charge is 2.14. The summed E-state index contributed by atoms with van der Waals surface area (Å²) in [5.74, 6) is 0.814. The molecule has 0 saturated heterocycles. The van der Waals surface area contributed by atoms with Gasteiger partial charge in [-0.25, -0.2) is 4.98 Å². The summed E-state index contributed by atoms with van der Waals surface area (Å²) in [4.78, 5) is 6.97. The lowest BCUT2D eigenvalue weighted by atomic mass is 9.97. The number of benzene rings is 2. The van der Waals surface area contributed by atoms with Crippen molar-refractivity contribution in [1.29, 1.82) is 0 Å². The van der Waals surface area contributed by atoms with Gasteiger partial charge in [-0.1, -0.05) is 30.8 Å². The van der Waals surface area contributed by atoms with Gasteiger partial charge in [0.15, 0.2) is 0 Å². The average Bonchev–Trinajstić information content (AvgIpc) is 3.11. The van der Waals surface area contributed by atoms with Crippen molar-refractivity contribution in [1.82, 2.24) is 14.5 Å². The van der Waals surface area contributed by atoms with Gasteiger partial charge in [0.25, 0.3) is 0 Å². The van der Waals surface area contributed by atoms with Crippen LogP contribution in [0.5, 0.6) is 0 Å². The zero-order chi connectivity index (χ0) is 21.5. The van der Waals surface area contributed by atoms with E-state index in [-0.39, 0.29) is 0 Å². The Bertz CT molecular complexity index is 1280. The summed E-state index contributed by atoms with van der Waals surface area (Å²) in [6.45, 7) is 8.52. The highest BCUT2D eigenvalue weighted by Crippen LogP contribution is 2.28. The Kier molecular flexibility index (Phi) is 4.87. The molecular weight excluding hydrogens is 380 g/mol. The third-order valence-corrected chi connectivity index (χ3v) is 6.35. The fourth-order valence-electron chi connectivity index (χ4n) is 4.33. The van der Waals surface area contributed by atoms with Crippen LogP contribution in [0.1, 0.15) is 22.4 Å². The maximum Gasteiger partial charge on any atom is 0.130 e. The monoisotopic (exact) mass is 408 g/mol. The summed E-state index contributed by atoms with van der Waals surface area (Å²) in [7, 11) is 4.25. The molecule has 5 rings (SSSR count). The van der Waals surface area contributed by atoms with Crippen molar-refractivity contribution < 1.29 is 0 Å². The second-order valence-electron chi connectivity index (χ2n) is 8.69. The molecule has 156 valence electrons. The Morgan fingerprint density at radius 1 is 0.968 bits per heavy atom. The van der Waals surface area contributed by atoms with Crippen molar-refractivity contribution >= 4 is 22.3 Å². The maximum atomic E-state index is 4.61. The van der Waals surface area contributed by atoms with Gasteiger partial charge in [-0.2, -0.15) is 0 Å². The van der Waals surface area contributed by atoms with Crippen LogP contribution in [-0.4, -0.2) is 28.0 Å². The Morgan fingerprint density at radius 3 is 2.65 bits per heavy atom. The molecule has 0 fully saturated rings. The van der Waals surface area contributed by atoms with Crippen LogP contribution in [0.2, 0.25) is 0 Å². The molecule has 1 aliphatic heterocycles. The van der Waals surface area contributed by atoms with Gasteiger partial charge in [0.1, 0.15) is 5.82 Å². The predicted octanol–water partition coefficient (Wildman–Crippen LogP) is 5.62. The zero-order valence-corrected chi connectivity index (χ0v) is 18.4. The number of rotatable bonds is 4. The van der Waals surface area contributed by atoms with Gasteiger partial charge in [0, 0.05) is 49.3 Å². The fourth-order valence-corrected chi connectivity index (χ4v) is 4.33. The summed E-state index contributed by atoms with van der Waals surface area (Å²) < 4.78 is 2.15. The zero-order valence-electron chi connectivity index (χ0n) is 18.4. The first-order chi connectivity index (χ1) is 15.0. The lowest BCUT2D eigenvalue weighted by molar-refractivity contribution is 0.313. The van der Waals surface area contributed by atoms with Gasteiger partial charge in [0.2, 0.25) is 0 Å². The highest BCUT2D eigenvalue weighted by molar-refractivity contribution is 5.89. The molecule has 4 aromatic rings. The van der Waals surface area contributed by atoms with Crippen LogP contribution < -0.4 is 5.32 Å². The molecule has 0 atom stereocenters. The lowest BCUT2D eigenvalue weighted by Gasteiger charge is -2.25. The SMILES string of the molecule is C=C(Nc1cc2cc(-c3cc(C)n(C)c3)ccc2cn1)c1ccc2c(c1)CN(C)CC2. The number of hydrogen-bond donors (Lipinski definition) is 1. The summed E-state index contributed by atoms with van der Waals surface area (Å²) in [5.41, 5.74) is 8.52. The Hall–Kier alpha value is -3.37. The van der Waals surface area contributed by atoms with E-state index in [1.54, 1.807) is 0 Å². The van der Waals surface area contributed by atoms with Crippen LogP contribution in [0.4, 0.5) is 5.82 Å². The van der Waals surface area contributed by atoms with Crippen molar-refractivity contribution in [2.75, 3.05) is 18.9 Å². The van der Waals surface area contributed by atoms with E-state index >= 15 is 0 Å². The largest absolute Gasteiger partial charge is 0.354 e. The molecule has 4 nitrogen and oxygen atoms in total. The number of pyridine rings is 1. The summed E-state index contributed by atoms with van der Waals surface area (Å²) in [6, 6.07) is 17.5. The quantitative estimate of drug-likeness (QED) is 0.476. The summed E-state index contributed by atoms with van der Waals surface area (Å²) in [5, 5.41) is 5.71. The summed E-state index contributed by atoms with van der Waals surface area (Å²) in [6.07, 6.45) is 5.21. The van der Waals surface area contributed by atoms with Crippen molar-refractivity contribution in [2.45, 2.75) is 19.9 Å². The van der Waals surface area contributed by atoms with Crippen LogP contribution in [0, 0.1) is 6.92 Å². The normalized spacial score (nSPS) is 13.9. The molecule has 1 aliphatic rings. The van der Waals surface area contributed by atoms with E-state index in [4.69, 9.17) is 0 Å². The first kappa shape index (κ1) is 19.6. The van der Waals surface area contributed by atoms with E-state index in [1.165, 1.54) is 27.9 Å². The minimum absolute atomic E-state index is 0.814. The van der Waals surface area contributed by atoms with Crippen molar-refractivity contribution in [2.24, 2.45) is 7.05 Å². The minimum atomic E-state index is 0.814. The molecule has 0 radical (unpaired) electrons. The highest BCUT2D eigenvalue weighted by atomic mass is 15.1. The second kappa shape index (κ2) is 7.71. The molecule has 31 heavy (non-hydrogen) atoms. The van der Waals surface area contributed by atoms with Gasteiger partial charge in [-0.15, -0.1) is 0 Å². The van der Waals surface area contributed by atoms with Gasteiger partial charge in [0.05, 0.1) is 0 Å². The molecule has 0 unspecified atom stereocenters. The maximum absolute atomic E-state index is 4.61. The number of likely N-dealkylation sites (N-methyl/N-ethyl adjacent to an activating group) is 1. The number of aromatic nitrogens is 2. The molecule has 0 amide bonds. The molecule has 1 N–H and O–H groups in total. The van der Waals surface area contributed by atoms with E-state index < -0.39 is 0 Å². The number of hydrogen-bond acceptors (Lipinski definition) is 3. The molecule has 4 heteroatoms. The lowest BCUT2D eigenvalue weighted by Crippen LogP contribution is -2.26. The van der Waals surface area contributed by atoms with Crippen LogP contribution in [0.15, 0.2) is 67.5 Å². The molecule has 2 aromatic carbocycles. The molecule has 0 aliphatic carbocycles. The van der Waals surface area contributed by atoms with E-state index in [0.717, 1.165) is 47.4 Å². The van der Waals surface area contributed by atoms with Gasteiger partial charge in [-0.05, 0) is 77.9 Å². The Balaban J connectivity index is 1.41. The van der Waals surface area contributed by atoms with Crippen molar-refractivity contribution in [3.8, 4) is 11.1 Å². The molecule has 0 spiro atoms. The number of nitrogens with zero attached hydrogens (tertiary/aromatic N) is 3. The molecular formula is C27H28N4. The average molecular weight is 409 g/mol. The predicted molar refractivity (Wildman–Crippen MR) is 130 cm³/mol. The smallest absolute Gasteiger partial charge is 0.130 e. The van der Waals surface area contributed by atoms with Crippen molar-refractivity contribution in [3.63, 3.8) is 0 Å². The number of anilines is 1. The van der Waals surface area contributed by atoms with Crippen molar-refractivity contribution in [3.05, 3.63) is 89.9 Å². The fraction of sp³-hybridized carbons (Fsp3) is 0.222. The van der Waals surface area contributed by atoms with Gasteiger partial charge in [-0.3, -0.25) is 0 Å². The Labute approximate surface area is 183 Å². The molecule has 3 heterocycles. The number of fused-ring (bicyclic) bond motifs is 2. The minimum Gasteiger partial charge on any atom is -0.354 e. The van der Waals surface area contributed by atoms with Crippen LogP contribution >= 0.6 is 0 Å². The van der Waals surface area contributed by atoms with E-state index in [9.17, 15) is 0 Å². The van der Waals surface area contributed by atoms with E-state index in [2.05, 4.69) is 102 Å². The van der Waals surface area contributed by atoms with Crippen LogP contribution in [0.25, 0.3) is 27.6 Å². The van der Waals surface area contributed by atoms with Crippen LogP contribution in [0.3, 0.4) is 0 Å². The summed E-state index contributed by atoms with van der Waals surface area (Å²) >= 11 is 0. The molecule has 0 bridgehead atoms. The Morgan fingerprint density at radius 2 is 1.84 bits per heavy atom. The standard InChI is InChI=1S/C27H28N4/c1-18-11-25(17-31(18)4)22-7-8-23-15-28-27(14-24(23)13-22)29-19(2)21-6-5-20-9-10-30(3)16-26(20)12-21/h5-8,11-15,17H,2,9-10,16H2,1,3-4H3,(H,28,29). The van der Waals surface area contributed by atoms with Crippen LogP contribution in [-0.2, 0) is 20.0 Å². The number of aryl methyl sites for hydroxylation is 2. The van der Waals surface area contributed by atoms with E-state index in [0.29, 0.717) is 0 Å².